The molecule has 0 N–H and O–H groups in total. The second kappa shape index (κ2) is 6.94. The molecule has 0 radical (unpaired) electrons. The summed E-state index contributed by atoms with van der Waals surface area (Å²) < 4.78 is 0. The highest BCUT2D eigenvalue weighted by atomic mass is 79.9. The molecule has 0 saturated carbocycles. The van der Waals surface area contributed by atoms with Gasteiger partial charge in [0.05, 0.1) is 4.91 Å². The number of rotatable bonds is 3. The van der Waals surface area contributed by atoms with Crippen molar-refractivity contribution in [3.05, 3.63) is 72.1 Å². The number of aromatic nitrogens is 7. The van der Waals surface area contributed by atoms with E-state index in [9.17, 15) is 0 Å². The monoisotopic (exact) mass is 397 g/mol. The average molecular weight is 398 g/mol. The Bertz CT molecular complexity index is 957. The van der Waals surface area contributed by atoms with E-state index >= 15 is 0 Å². The molecule has 7 nitrogen and oxygen atoms in total. The number of aryl methyl sites for hydroxylation is 2. The first-order valence-corrected chi connectivity index (χ1v) is 7.64. The van der Waals surface area contributed by atoms with Crippen LogP contribution in [0.3, 0.4) is 0 Å². The fourth-order valence-electron chi connectivity index (χ4n) is 2.33. The number of halogens is 1. The van der Waals surface area contributed by atoms with Gasteiger partial charge in [0, 0.05) is 10.7 Å². The molecular weight excluding hydrogens is 382 g/mol. The quantitative estimate of drug-likeness (QED) is 0.405. The Kier molecular flexibility index (Phi) is 4.71. The van der Waals surface area contributed by atoms with Gasteiger partial charge in [-0.25, -0.2) is 0 Å². The van der Waals surface area contributed by atoms with Gasteiger partial charge in [0.15, 0.2) is 5.69 Å². The number of hydrogen-bond donors (Lipinski definition) is 0. The summed E-state index contributed by atoms with van der Waals surface area (Å²) in [5, 5.41) is 18.1. The van der Waals surface area contributed by atoms with Crippen molar-refractivity contribution in [3.8, 4) is 17.1 Å². The smallest absolute Gasteiger partial charge is 0.297 e. The van der Waals surface area contributed by atoms with Crippen LogP contribution in [-0.2, 0) is 0 Å². The topological polar surface area (TPSA) is 65.3 Å². The van der Waals surface area contributed by atoms with Crippen LogP contribution in [-0.4, -0.2) is 30.2 Å². The van der Waals surface area contributed by atoms with Crippen LogP contribution in [0.1, 0.15) is 11.4 Å². The standard InChI is InChI=1S/C17H16N7.BrH/c1-13-14(2)19-23(18-13)24-21-17(15-9-5-3-6-10-15)20-22(24)16-11-7-4-8-12-16;/h3-12H,1-2H3;1H/q+1;/p-1. The molecule has 8 heteroatoms. The van der Waals surface area contributed by atoms with Crippen molar-refractivity contribution < 1.29 is 21.8 Å². The molecule has 2 heterocycles. The summed E-state index contributed by atoms with van der Waals surface area (Å²) in [5.41, 5.74) is 3.51. The lowest BCUT2D eigenvalue weighted by Crippen LogP contribution is -3.00. The van der Waals surface area contributed by atoms with Crippen LogP contribution in [0.2, 0.25) is 0 Å². The molecule has 0 spiro atoms. The summed E-state index contributed by atoms with van der Waals surface area (Å²) in [6, 6.07) is 19.6. The SMILES string of the molecule is Cc1nn(-n2nc(-c3ccccc3)n[n+]2-c2ccccc2)nc1C.[Br-]. The number of tetrazole rings is 1. The lowest BCUT2D eigenvalue weighted by molar-refractivity contribution is -0.749. The third-order valence-corrected chi connectivity index (χ3v) is 3.72. The van der Waals surface area contributed by atoms with Gasteiger partial charge in [0.2, 0.25) is 0 Å². The molecule has 0 aliphatic carbocycles. The lowest BCUT2D eigenvalue weighted by Gasteiger charge is -1.96. The molecule has 2 aromatic heterocycles. The van der Waals surface area contributed by atoms with Gasteiger partial charge < -0.3 is 17.0 Å². The van der Waals surface area contributed by atoms with E-state index in [0.717, 1.165) is 22.6 Å². The molecule has 4 aromatic rings. The van der Waals surface area contributed by atoms with Gasteiger partial charge in [0.25, 0.3) is 5.82 Å². The van der Waals surface area contributed by atoms with E-state index < -0.39 is 0 Å². The maximum absolute atomic E-state index is 4.63. The Morgan fingerprint density at radius 3 is 1.92 bits per heavy atom. The van der Waals surface area contributed by atoms with E-state index in [0.29, 0.717) is 5.82 Å². The summed E-state index contributed by atoms with van der Waals surface area (Å²) in [7, 11) is 0. The molecule has 126 valence electrons. The van der Waals surface area contributed by atoms with Crippen molar-refractivity contribution in [3.63, 3.8) is 0 Å². The summed E-state index contributed by atoms with van der Waals surface area (Å²) in [5.74, 6) is 0.604. The molecule has 0 unspecified atom stereocenters. The van der Waals surface area contributed by atoms with Crippen molar-refractivity contribution in [2.75, 3.05) is 0 Å². The van der Waals surface area contributed by atoms with Gasteiger partial charge in [-0.15, -0.1) is 0 Å². The maximum Gasteiger partial charge on any atom is 0.297 e. The predicted molar refractivity (Wildman–Crippen MR) is 87.3 cm³/mol. The molecular formula is C17H16BrN7. The van der Waals surface area contributed by atoms with Gasteiger partial charge in [-0.3, -0.25) is 0 Å². The minimum atomic E-state index is 0. The second-order valence-electron chi connectivity index (χ2n) is 5.42. The van der Waals surface area contributed by atoms with Crippen LogP contribution in [0, 0.1) is 13.8 Å². The number of hydrogen-bond acceptors (Lipinski definition) is 4. The highest BCUT2D eigenvalue weighted by Crippen LogP contribution is 2.12. The summed E-state index contributed by atoms with van der Waals surface area (Å²) in [6.45, 7) is 3.83. The minimum Gasteiger partial charge on any atom is -1.00 e. The van der Waals surface area contributed by atoms with E-state index in [1.54, 1.807) is 9.70 Å². The van der Waals surface area contributed by atoms with Crippen molar-refractivity contribution in [1.29, 1.82) is 0 Å². The summed E-state index contributed by atoms with van der Waals surface area (Å²) >= 11 is 0. The Morgan fingerprint density at radius 2 is 1.32 bits per heavy atom. The molecule has 0 aliphatic heterocycles. The van der Waals surface area contributed by atoms with E-state index in [4.69, 9.17) is 0 Å². The van der Waals surface area contributed by atoms with Gasteiger partial charge >= 0.3 is 0 Å². The zero-order valence-electron chi connectivity index (χ0n) is 13.8. The van der Waals surface area contributed by atoms with Crippen molar-refractivity contribution in [2.24, 2.45) is 0 Å². The van der Waals surface area contributed by atoms with E-state index in [-0.39, 0.29) is 17.0 Å². The Balaban J connectivity index is 0.00000182. The Labute approximate surface area is 155 Å². The predicted octanol–water partition coefficient (Wildman–Crippen LogP) is -1.25. The van der Waals surface area contributed by atoms with Crippen LogP contribution in [0.25, 0.3) is 17.1 Å². The first-order valence-electron chi connectivity index (χ1n) is 7.64. The van der Waals surface area contributed by atoms with Crippen LogP contribution in [0.15, 0.2) is 60.7 Å². The lowest BCUT2D eigenvalue weighted by atomic mass is 10.2. The zero-order valence-corrected chi connectivity index (χ0v) is 15.4. The number of nitrogens with zero attached hydrogens (tertiary/aromatic N) is 7. The first-order chi connectivity index (χ1) is 11.7. The Morgan fingerprint density at radius 1 is 0.760 bits per heavy atom. The summed E-state index contributed by atoms with van der Waals surface area (Å²) in [6.07, 6.45) is 0. The van der Waals surface area contributed by atoms with E-state index in [2.05, 4.69) is 20.4 Å². The van der Waals surface area contributed by atoms with Crippen LogP contribution < -0.4 is 21.8 Å². The fourth-order valence-corrected chi connectivity index (χ4v) is 2.33. The number of para-hydroxylation sites is 1. The van der Waals surface area contributed by atoms with Gasteiger partial charge in [0.1, 0.15) is 16.3 Å². The normalized spacial score (nSPS) is 10.5. The van der Waals surface area contributed by atoms with Crippen molar-refractivity contribution in [2.45, 2.75) is 13.8 Å². The molecule has 4 rings (SSSR count). The molecule has 0 amide bonds. The van der Waals surface area contributed by atoms with Gasteiger partial charge in [-0.05, 0) is 48.0 Å². The fraction of sp³-hybridized carbons (Fsp3) is 0.118. The van der Waals surface area contributed by atoms with Crippen molar-refractivity contribution in [1.82, 2.24) is 30.2 Å². The highest BCUT2D eigenvalue weighted by Gasteiger charge is 2.23. The molecule has 0 aliphatic rings. The third kappa shape index (κ3) is 3.20. The molecule has 0 saturated heterocycles. The first kappa shape index (κ1) is 17.0. The average Bonchev–Trinajstić information content (AvgIpc) is 3.21. The maximum atomic E-state index is 4.63. The largest absolute Gasteiger partial charge is 1.00 e. The molecule has 2 aromatic carbocycles. The van der Waals surface area contributed by atoms with Crippen molar-refractivity contribution >= 4 is 0 Å². The second-order valence-corrected chi connectivity index (χ2v) is 5.42. The molecule has 0 atom stereocenters. The highest BCUT2D eigenvalue weighted by molar-refractivity contribution is 5.52. The van der Waals surface area contributed by atoms with E-state index in [1.165, 1.54) is 4.91 Å². The molecule has 0 fully saturated rings. The third-order valence-electron chi connectivity index (χ3n) is 3.72. The van der Waals surface area contributed by atoms with E-state index in [1.807, 2.05) is 74.5 Å². The van der Waals surface area contributed by atoms with Gasteiger partial charge in [-0.1, -0.05) is 46.6 Å². The van der Waals surface area contributed by atoms with Crippen LogP contribution in [0.5, 0.6) is 0 Å². The van der Waals surface area contributed by atoms with Crippen LogP contribution in [0.4, 0.5) is 0 Å². The minimum absolute atomic E-state index is 0. The van der Waals surface area contributed by atoms with Crippen LogP contribution >= 0.6 is 0 Å². The number of benzene rings is 2. The van der Waals surface area contributed by atoms with Gasteiger partial charge in [-0.2, -0.15) is 0 Å². The zero-order chi connectivity index (χ0) is 16.5. The Hall–Kier alpha value is -2.87. The summed E-state index contributed by atoms with van der Waals surface area (Å²) in [4.78, 5) is 4.69. The molecule has 0 bridgehead atoms. The molecule has 25 heavy (non-hydrogen) atoms.